The highest BCUT2D eigenvalue weighted by molar-refractivity contribution is 7.80. The number of carbonyl (C=O) groups excluding carboxylic acids is 1. The Labute approximate surface area is 206 Å². The van der Waals surface area contributed by atoms with Gasteiger partial charge in [0.25, 0.3) is 5.91 Å². The molecular weight excluding hydrogens is 428 g/mol. The Morgan fingerprint density at radius 1 is 1.24 bits per heavy atom. The molecule has 33 heavy (non-hydrogen) atoms. The summed E-state index contributed by atoms with van der Waals surface area (Å²) in [6, 6.07) is 5.76. The molecule has 1 aromatic rings. The van der Waals surface area contributed by atoms with E-state index in [2.05, 4.69) is 53.8 Å². The standard InChI is InChI=1S/C27H44N4OS/c1-7-11-22(30-25(12-8-2)21-13-14-23(28)26(33)17-21)18-24(29)27(32)31(20(6)10-4)16-15-19(5)9-3/h8,13-14,17-20,25,33H,2,7,9-12,15-16,28-29H2,1,3-6H3/b24-18-,30-22?. The molecule has 0 aromatic heterocycles. The second kappa shape index (κ2) is 14.8. The molecule has 6 heteroatoms. The number of amides is 1. The van der Waals surface area contributed by atoms with Gasteiger partial charge in [0.2, 0.25) is 0 Å². The van der Waals surface area contributed by atoms with Crippen LogP contribution in [0.5, 0.6) is 0 Å². The molecule has 0 fully saturated rings. The molecule has 0 radical (unpaired) electrons. The molecule has 5 nitrogen and oxygen atoms in total. The van der Waals surface area contributed by atoms with Crippen LogP contribution in [0.15, 0.2) is 52.5 Å². The van der Waals surface area contributed by atoms with E-state index in [0.717, 1.165) is 48.3 Å². The van der Waals surface area contributed by atoms with E-state index in [-0.39, 0.29) is 23.7 Å². The number of carbonyl (C=O) groups is 1. The lowest BCUT2D eigenvalue weighted by Gasteiger charge is -2.30. The molecule has 3 unspecified atom stereocenters. The number of thiol groups is 1. The lowest BCUT2D eigenvalue weighted by Crippen LogP contribution is -2.42. The largest absolute Gasteiger partial charge is 0.398 e. The summed E-state index contributed by atoms with van der Waals surface area (Å²) in [6.07, 6.45) is 8.88. The summed E-state index contributed by atoms with van der Waals surface area (Å²) in [6.45, 7) is 15.3. The second-order valence-corrected chi connectivity index (χ2v) is 9.37. The van der Waals surface area contributed by atoms with Gasteiger partial charge in [-0.05, 0) is 62.3 Å². The Hall–Kier alpha value is -2.21. The third-order valence-corrected chi connectivity index (χ3v) is 6.56. The van der Waals surface area contributed by atoms with Crippen LogP contribution in [0.1, 0.15) is 84.7 Å². The number of nitrogen functional groups attached to an aromatic ring is 1. The van der Waals surface area contributed by atoms with Crippen LogP contribution in [0.3, 0.4) is 0 Å². The topological polar surface area (TPSA) is 84.7 Å². The molecule has 0 heterocycles. The van der Waals surface area contributed by atoms with Crippen molar-refractivity contribution in [3.8, 4) is 0 Å². The Bertz CT molecular complexity index is 833. The van der Waals surface area contributed by atoms with Crippen molar-refractivity contribution in [1.82, 2.24) is 4.90 Å². The first-order valence-corrected chi connectivity index (χ1v) is 12.7. The first-order valence-electron chi connectivity index (χ1n) is 12.2. The van der Waals surface area contributed by atoms with Gasteiger partial charge in [-0.1, -0.05) is 52.7 Å². The van der Waals surface area contributed by atoms with Crippen LogP contribution in [-0.2, 0) is 4.79 Å². The van der Waals surface area contributed by atoms with Crippen LogP contribution in [0.4, 0.5) is 5.69 Å². The fourth-order valence-corrected chi connectivity index (χ4v) is 3.76. The molecule has 1 amide bonds. The van der Waals surface area contributed by atoms with Gasteiger partial charge in [-0.2, -0.15) is 0 Å². The van der Waals surface area contributed by atoms with Crippen molar-refractivity contribution in [1.29, 1.82) is 0 Å². The van der Waals surface area contributed by atoms with Gasteiger partial charge in [-0.15, -0.1) is 19.2 Å². The minimum absolute atomic E-state index is 0.109. The molecular formula is C27H44N4OS. The summed E-state index contributed by atoms with van der Waals surface area (Å²) in [4.78, 5) is 20.9. The number of nitrogens with two attached hydrogens (primary N) is 2. The zero-order chi connectivity index (χ0) is 25.0. The van der Waals surface area contributed by atoms with E-state index in [1.54, 1.807) is 6.08 Å². The van der Waals surface area contributed by atoms with E-state index in [9.17, 15) is 4.79 Å². The number of aliphatic imine (C=N–C) groups is 1. The van der Waals surface area contributed by atoms with Crippen LogP contribution >= 0.6 is 12.6 Å². The maximum absolute atomic E-state index is 13.3. The van der Waals surface area contributed by atoms with Crippen LogP contribution in [0.25, 0.3) is 0 Å². The van der Waals surface area contributed by atoms with E-state index >= 15 is 0 Å². The first kappa shape index (κ1) is 28.8. The second-order valence-electron chi connectivity index (χ2n) is 8.89. The average molecular weight is 473 g/mol. The number of allylic oxidation sites excluding steroid dienone is 1. The van der Waals surface area contributed by atoms with Gasteiger partial charge >= 0.3 is 0 Å². The zero-order valence-electron chi connectivity index (χ0n) is 21.2. The van der Waals surface area contributed by atoms with Crippen molar-refractivity contribution in [3.63, 3.8) is 0 Å². The summed E-state index contributed by atoms with van der Waals surface area (Å²) in [7, 11) is 0. The normalized spacial score (nSPS) is 15.1. The Kier molecular flexibility index (Phi) is 13.0. The molecule has 0 spiro atoms. The number of nitrogens with zero attached hydrogens (tertiary/aromatic N) is 2. The van der Waals surface area contributed by atoms with E-state index < -0.39 is 0 Å². The number of hydrogen-bond acceptors (Lipinski definition) is 5. The van der Waals surface area contributed by atoms with Crippen molar-refractivity contribution in [2.75, 3.05) is 12.3 Å². The molecule has 4 N–H and O–H groups in total. The minimum Gasteiger partial charge on any atom is -0.398 e. The van der Waals surface area contributed by atoms with Gasteiger partial charge in [0.05, 0.1) is 11.7 Å². The van der Waals surface area contributed by atoms with Gasteiger partial charge in [-0.3, -0.25) is 9.79 Å². The van der Waals surface area contributed by atoms with Crippen LogP contribution in [0, 0.1) is 5.92 Å². The lowest BCUT2D eigenvalue weighted by atomic mass is 10.0. The SMILES string of the molecule is C=CCC(N=C(/C=C(\N)C(=O)N(CCC(C)CC)C(C)CC)CCC)c1ccc(N)c(S)c1. The fourth-order valence-electron chi connectivity index (χ4n) is 3.53. The predicted octanol–water partition coefficient (Wildman–Crippen LogP) is 6.32. The van der Waals surface area contributed by atoms with E-state index in [1.807, 2.05) is 29.2 Å². The summed E-state index contributed by atoms with van der Waals surface area (Å²) in [5.41, 5.74) is 15.0. The minimum atomic E-state index is -0.134. The molecule has 0 aliphatic carbocycles. The van der Waals surface area contributed by atoms with Crippen molar-refractivity contribution < 1.29 is 4.79 Å². The van der Waals surface area contributed by atoms with Crippen molar-refractivity contribution in [2.45, 2.75) is 90.1 Å². The van der Waals surface area contributed by atoms with Gasteiger partial charge in [0.1, 0.15) is 0 Å². The molecule has 3 atom stereocenters. The fraction of sp³-hybridized carbons (Fsp3) is 0.556. The number of rotatable bonds is 14. The smallest absolute Gasteiger partial charge is 0.270 e. The van der Waals surface area contributed by atoms with Gasteiger partial charge in [-0.25, -0.2) is 0 Å². The van der Waals surface area contributed by atoms with E-state index in [1.165, 1.54) is 0 Å². The average Bonchev–Trinajstić information content (AvgIpc) is 2.80. The molecule has 0 aliphatic heterocycles. The van der Waals surface area contributed by atoms with Gasteiger partial charge in [0.15, 0.2) is 0 Å². The Balaban J connectivity index is 3.25. The number of benzene rings is 1. The molecule has 0 saturated heterocycles. The summed E-state index contributed by atoms with van der Waals surface area (Å²) in [5.74, 6) is 0.463. The van der Waals surface area contributed by atoms with Crippen LogP contribution < -0.4 is 11.5 Å². The third kappa shape index (κ3) is 9.28. The maximum atomic E-state index is 13.3. The summed E-state index contributed by atoms with van der Waals surface area (Å²) < 4.78 is 0. The third-order valence-electron chi connectivity index (χ3n) is 6.17. The monoisotopic (exact) mass is 472 g/mol. The Morgan fingerprint density at radius 2 is 1.94 bits per heavy atom. The number of anilines is 1. The number of hydrogen-bond donors (Lipinski definition) is 3. The summed E-state index contributed by atoms with van der Waals surface area (Å²) >= 11 is 4.46. The lowest BCUT2D eigenvalue weighted by molar-refractivity contribution is -0.129. The Morgan fingerprint density at radius 3 is 2.48 bits per heavy atom. The van der Waals surface area contributed by atoms with Crippen LogP contribution in [0.2, 0.25) is 0 Å². The molecule has 0 bridgehead atoms. The first-order chi connectivity index (χ1) is 15.7. The molecule has 1 aromatic carbocycles. The maximum Gasteiger partial charge on any atom is 0.270 e. The van der Waals surface area contributed by atoms with Gasteiger partial charge < -0.3 is 16.4 Å². The van der Waals surface area contributed by atoms with Crippen LogP contribution in [-0.4, -0.2) is 29.1 Å². The van der Waals surface area contributed by atoms with Crippen molar-refractivity contribution in [3.05, 3.63) is 48.2 Å². The molecule has 184 valence electrons. The zero-order valence-corrected chi connectivity index (χ0v) is 22.1. The predicted molar refractivity (Wildman–Crippen MR) is 146 cm³/mol. The quantitative estimate of drug-likeness (QED) is 0.0973. The molecule has 1 rings (SSSR count). The van der Waals surface area contributed by atoms with Gasteiger partial charge in [0, 0.05) is 28.9 Å². The van der Waals surface area contributed by atoms with E-state index in [4.69, 9.17) is 16.5 Å². The van der Waals surface area contributed by atoms with Crippen molar-refractivity contribution >= 4 is 29.9 Å². The highest BCUT2D eigenvalue weighted by Crippen LogP contribution is 2.28. The van der Waals surface area contributed by atoms with Crippen molar-refractivity contribution in [2.24, 2.45) is 16.6 Å². The highest BCUT2D eigenvalue weighted by atomic mass is 32.1. The van der Waals surface area contributed by atoms with E-state index in [0.29, 0.717) is 24.6 Å². The molecule has 0 saturated carbocycles. The highest BCUT2D eigenvalue weighted by Gasteiger charge is 2.22. The summed E-state index contributed by atoms with van der Waals surface area (Å²) in [5, 5.41) is 0. The molecule has 0 aliphatic rings.